The second-order valence-corrected chi connectivity index (χ2v) is 5.38. The highest BCUT2D eigenvalue weighted by atomic mass is 16.5. The molecule has 136 valence electrons. The molecule has 0 aliphatic rings. The van der Waals surface area contributed by atoms with Gasteiger partial charge in [0.15, 0.2) is 0 Å². The summed E-state index contributed by atoms with van der Waals surface area (Å²) in [6, 6.07) is 13.4. The quantitative estimate of drug-likeness (QED) is 0.719. The van der Waals surface area contributed by atoms with Gasteiger partial charge in [-0.15, -0.1) is 0 Å². The lowest BCUT2D eigenvalue weighted by Gasteiger charge is -2.09. The van der Waals surface area contributed by atoms with Crippen LogP contribution in [0, 0.1) is 0 Å². The Kier molecular flexibility index (Phi) is 6.73. The maximum Gasteiger partial charge on any atom is 0.411 e. The molecule has 26 heavy (non-hydrogen) atoms. The fourth-order valence-corrected chi connectivity index (χ4v) is 2.17. The minimum Gasteiger partial charge on any atom is -0.450 e. The van der Waals surface area contributed by atoms with E-state index in [4.69, 9.17) is 4.74 Å². The lowest BCUT2D eigenvalue weighted by atomic mass is 10.1. The van der Waals surface area contributed by atoms with Gasteiger partial charge >= 0.3 is 6.09 Å². The number of anilines is 1. The zero-order valence-electron chi connectivity index (χ0n) is 14.7. The van der Waals surface area contributed by atoms with Crippen LogP contribution in [0.4, 0.5) is 10.5 Å². The highest BCUT2D eigenvalue weighted by Gasteiger charge is 2.10. The van der Waals surface area contributed by atoms with Crippen LogP contribution in [0.3, 0.4) is 0 Å². The lowest BCUT2D eigenvalue weighted by Crippen LogP contribution is -2.41. The Hall–Kier alpha value is -3.35. The Morgan fingerprint density at radius 3 is 2.15 bits per heavy atom. The Labute approximate surface area is 151 Å². The van der Waals surface area contributed by atoms with E-state index in [-0.39, 0.29) is 12.2 Å². The predicted molar refractivity (Wildman–Crippen MR) is 97.8 cm³/mol. The second kappa shape index (κ2) is 9.22. The van der Waals surface area contributed by atoms with Crippen molar-refractivity contribution < 1.29 is 19.1 Å². The summed E-state index contributed by atoms with van der Waals surface area (Å²) in [5.74, 6) is -0.919. The highest BCUT2D eigenvalue weighted by Crippen LogP contribution is 2.11. The number of ether oxygens (including phenoxy) is 1. The molecule has 0 saturated heterocycles. The van der Waals surface area contributed by atoms with Crippen molar-refractivity contribution in [3.63, 3.8) is 0 Å². The number of rotatable bonds is 5. The third-order valence-electron chi connectivity index (χ3n) is 3.56. The number of benzene rings is 2. The van der Waals surface area contributed by atoms with Gasteiger partial charge in [-0.3, -0.25) is 25.8 Å². The molecule has 0 spiro atoms. The van der Waals surface area contributed by atoms with Crippen molar-refractivity contribution in [2.75, 3.05) is 11.9 Å². The zero-order chi connectivity index (χ0) is 18.9. The first-order valence-electron chi connectivity index (χ1n) is 8.27. The molecule has 3 amide bonds. The van der Waals surface area contributed by atoms with Crippen LogP contribution in [-0.2, 0) is 11.2 Å². The first-order valence-corrected chi connectivity index (χ1v) is 8.27. The number of aryl methyl sites for hydroxylation is 1. The van der Waals surface area contributed by atoms with Gasteiger partial charge in [0, 0.05) is 16.8 Å². The molecule has 0 unspecified atom stereocenters. The number of hydrogen-bond donors (Lipinski definition) is 3. The summed E-state index contributed by atoms with van der Waals surface area (Å²) in [7, 11) is 0. The van der Waals surface area contributed by atoms with Gasteiger partial charge in [-0.1, -0.05) is 25.1 Å². The second-order valence-electron chi connectivity index (χ2n) is 5.38. The molecule has 7 nitrogen and oxygen atoms in total. The number of carbonyl (C=O) groups is 3. The third kappa shape index (κ3) is 5.34. The molecule has 0 saturated carbocycles. The maximum absolute atomic E-state index is 12.2. The summed E-state index contributed by atoms with van der Waals surface area (Å²) in [5, 5.41) is 2.51. The molecule has 7 heteroatoms. The monoisotopic (exact) mass is 355 g/mol. The van der Waals surface area contributed by atoms with Crippen molar-refractivity contribution in [1.82, 2.24) is 10.9 Å². The van der Waals surface area contributed by atoms with Crippen LogP contribution in [0.15, 0.2) is 48.5 Å². The minimum atomic E-state index is -0.603. The van der Waals surface area contributed by atoms with Crippen molar-refractivity contribution in [3.05, 3.63) is 65.2 Å². The lowest BCUT2D eigenvalue weighted by molar-refractivity contribution is 0.0846. The average Bonchev–Trinajstić information content (AvgIpc) is 2.66. The van der Waals surface area contributed by atoms with Crippen LogP contribution in [0.25, 0.3) is 0 Å². The highest BCUT2D eigenvalue weighted by molar-refractivity contribution is 5.99. The molecule has 0 atom stereocenters. The number of carbonyl (C=O) groups excluding carboxylic acids is 3. The average molecular weight is 355 g/mol. The Morgan fingerprint density at radius 1 is 0.885 bits per heavy atom. The summed E-state index contributed by atoms with van der Waals surface area (Å²) in [6.07, 6.45) is 0.281. The van der Waals surface area contributed by atoms with E-state index in [1.807, 2.05) is 19.1 Å². The molecule has 0 radical (unpaired) electrons. The van der Waals surface area contributed by atoms with Gasteiger partial charge in [0.25, 0.3) is 11.8 Å². The number of amides is 3. The summed E-state index contributed by atoms with van der Waals surface area (Å²) in [5.41, 5.74) is 6.97. The SMILES string of the molecule is CCOC(=O)Nc1cccc(C(=O)NNC(=O)c2ccc(CC)cc2)c1. The van der Waals surface area contributed by atoms with E-state index in [1.54, 1.807) is 37.3 Å². The standard InChI is InChI=1S/C19H21N3O4/c1-3-13-8-10-14(11-9-13)17(23)21-22-18(24)15-6-5-7-16(12-15)20-19(25)26-4-2/h5-12H,3-4H2,1-2H3,(H,20,25)(H,21,23)(H,22,24). The van der Waals surface area contributed by atoms with Crippen molar-refractivity contribution in [2.45, 2.75) is 20.3 Å². The summed E-state index contributed by atoms with van der Waals surface area (Å²) >= 11 is 0. The first kappa shape index (κ1) is 19.0. The number of hydrazine groups is 1. The van der Waals surface area contributed by atoms with Gasteiger partial charge in [-0.25, -0.2) is 4.79 Å². The van der Waals surface area contributed by atoms with E-state index in [1.165, 1.54) is 6.07 Å². The van der Waals surface area contributed by atoms with Gasteiger partial charge in [0.1, 0.15) is 0 Å². The zero-order valence-corrected chi connectivity index (χ0v) is 14.7. The fourth-order valence-electron chi connectivity index (χ4n) is 2.17. The smallest absolute Gasteiger partial charge is 0.411 e. The third-order valence-corrected chi connectivity index (χ3v) is 3.56. The minimum absolute atomic E-state index is 0.247. The molecule has 2 aromatic rings. The Morgan fingerprint density at radius 2 is 1.54 bits per heavy atom. The van der Waals surface area contributed by atoms with Crippen molar-refractivity contribution >= 4 is 23.6 Å². The Balaban J connectivity index is 1.94. The van der Waals surface area contributed by atoms with Gasteiger partial charge in [0.2, 0.25) is 0 Å². The van der Waals surface area contributed by atoms with Crippen LogP contribution < -0.4 is 16.2 Å². The van der Waals surface area contributed by atoms with E-state index >= 15 is 0 Å². The van der Waals surface area contributed by atoms with Gasteiger partial charge < -0.3 is 4.74 Å². The predicted octanol–water partition coefficient (Wildman–Crippen LogP) is 2.89. The summed E-state index contributed by atoms with van der Waals surface area (Å²) < 4.78 is 4.78. The molecule has 2 aromatic carbocycles. The molecular formula is C19H21N3O4. The molecule has 2 rings (SSSR count). The number of hydrogen-bond acceptors (Lipinski definition) is 4. The molecule has 0 heterocycles. The van der Waals surface area contributed by atoms with Crippen molar-refractivity contribution in [3.8, 4) is 0 Å². The number of nitrogens with one attached hydrogen (secondary N) is 3. The van der Waals surface area contributed by atoms with Gasteiger partial charge in [-0.2, -0.15) is 0 Å². The Bertz CT molecular complexity index is 788. The van der Waals surface area contributed by atoms with E-state index in [2.05, 4.69) is 16.2 Å². The van der Waals surface area contributed by atoms with E-state index in [0.717, 1.165) is 12.0 Å². The molecular weight excluding hydrogens is 334 g/mol. The van der Waals surface area contributed by atoms with E-state index in [9.17, 15) is 14.4 Å². The van der Waals surface area contributed by atoms with Crippen molar-refractivity contribution in [1.29, 1.82) is 0 Å². The normalized spacial score (nSPS) is 9.92. The van der Waals surface area contributed by atoms with Crippen LogP contribution in [0.5, 0.6) is 0 Å². The van der Waals surface area contributed by atoms with Gasteiger partial charge in [0.05, 0.1) is 6.61 Å². The van der Waals surface area contributed by atoms with Crippen LogP contribution >= 0.6 is 0 Å². The molecule has 0 fully saturated rings. The summed E-state index contributed by atoms with van der Waals surface area (Å²) in [4.78, 5) is 35.7. The fraction of sp³-hybridized carbons (Fsp3) is 0.211. The first-order chi connectivity index (χ1) is 12.5. The molecule has 3 N–H and O–H groups in total. The largest absolute Gasteiger partial charge is 0.450 e. The van der Waals surface area contributed by atoms with Crippen LogP contribution in [-0.4, -0.2) is 24.5 Å². The van der Waals surface area contributed by atoms with Crippen LogP contribution in [0.2, 0.25) is 0 Å². The molecule has 0 aliphatic heterocycles. The van der Waals surface area contributed by atoms with E-state index in [0.29, 0.717) is 11.3 Å². The van der Waals surface area contributed by atoms with E-state index < -0.39 is 17.9 Å². The van der Waals surface area contributed by atoms with Crippen molar-refractivity contribution in [2.24, 2.45) is 0 Å². The topological polar surface area (TPSA) is 96.5 Å². The molecule has 0 aromatic heterocycles. The molecule has 0 aliphatic carbocycles. The molecule has 0 bridgehead atoms. The summed E-state index contributed by atoms with van der Waals surface area (Å²) in [6.45, 7) is 3.97. The van der Waals surface area contributed by atoms with Gasteiger partial charge in [-0.05, 0) is 49.2 Å². The van der Waals surface area contributed by atoms with Crippen LogP contribution in [0.1, 0.15) is 40.1 Å². The maximum atomic E-state index is 12.2.